The quantitative estimate of drug-likeness (QED) is 0.754. The number of likely N-dealkylation sites (N-methyl/N-ethyl adjacent to an activating group) is 1. The van der Waals surface area contributed by atoms with Crippen LogP contribution in [-0.2, 0) is 0 Å². The second-order valence-electron chi connectivity index (χ2n) is 5.76. The summed E-state index contributed by atoms with van der Waals surface area (Å²) in [5.41, 5.74) is -0.341. The van der Waals surface area contributed by atoms with Gasteiger partial charge in [-0.3, -0.25) is 10.2 Å². The molecule has 0 amide bonds. The summed E-state index contributed by atoms with van der Waals surface area (Å²) in [6.07, 6.45) is 1.08. The maximum absolute atomic E-state index is 9.28. The molecule has 0 rings (SSSR count). The minimum atomic E-state index is -0.477. The highest BCUT2D eigenvalue weighted by Gasteiger charge is 2.31. The topological polar surface area (TPSA) is 39.1 Å². The molecule has 0 saturated carbocycles. The van der Waals surface area contributed by atoms with E-state index in [1.165, 1.54) is 0 Å². The summed E-state index contributed by atoms with van der Waals surface area (Å²) in [4.78, 5) is 2.26. The summed E-state index contributed by atoms with van der Waals surface area (Å²) in [6.45, 7) is 13.4. The summed E-state index contributed by atoms with van der Waals surface area (Å²) < 4.78 is 0. The lowest BCUT2D eigenvalue weighted by atomic mass is 9.95. The third kappa shape index (κ3) is 4.51. The minimum Gasteiger partial charge on any atom is -0.298 e. The van der Waals surface area contributed by atoms with Crippen molar-refractivity contribution in [3.05, 3.63) is 0 Å². The van der Waals surface area contributed by atoms with Crippen molar-refractivity contribution < 1.29 is 0 Å². The van der Waals surface area contributed by atoms with Crippen molar-refractivity contribution in [1.82, 2.24) is 10.2 Å². The molecular weight excluding hydrogens is 198 g/mol. The van der Waals surface area contributed by atoms with Gasteiger partial charge in [-0.2, -0.15) is 5.26 Å². The number of nitrogens with one attached hydrogen (secondary N) is 1. The lowest BCUT2D eigenvalue weighted by Gasteiger charge is -2.39. The van der Waals surface area contributed by atoms with Crippen molar-refractivity contribution in [2.75, 3.05) is 13.6 Å². The van der Waals surface area contributed by atoms with Crippen LogP contribution >= 0.6 is 0 Å². The second kappa shape index (κ2) is 5.65. The molecule has 16 heavy (non-hydrogen) atoms. The molecule has 0 aromatic rings. The van der Waals surface area contributed by atoms with Gasteiger partial charge in [-0.1, -0.05) is 6.92 Å². The predicted molar refractivity (Wildman–Crippen MR) is 69.3 cm³/mol. The van der Waals surface area contributed by atoms with E-state index in [0.717, 1.165) is 13.0 Å². The molecule has 0 aliphatic carbocycles. The number of hydrogen-bond acceptors (Lipinski definition) is 3. The van der Waals surface area contributed by atoms with E-state index in [4.69, 9.17) is 0 Å². The van der Waals surface area contributed by atoms with Crippen molar-refractivity contribution in [2.24, 2.45) is 0 Å². The molecule has 3 heteroatoms. The van der Waals surface area contributed by atoms with E-state index in [1.807, 2.05) is 6.92 Å². The Labute approximate surface area is 101 Å². The van der Waals surface area contributed by atoms with Crippen molar-refractivity contribution >= 4 is 0 Å². The fourth-order valence-electron chi connectivity index (χ4n) is 1.71. The molecular formula is C13H27N3. The van der Waals surface area contributed by atoms with Crippen molar-refractivity contribution in [3.63, 3.8) is 0 Å². The van der Waals surface area contributed by atoms with Crippen molar-refractivity contribution in [3.8, 4) is 6.07 Å². The first-order valence-corrected chi connectivity index (χ1v) is 6.07. The Morgan fingerprint density at radius 3 is 2.12 bits per heavy atom. The molecule has 94 valence electrons. The van der Waals surface area contributed by atoms with Crippen LogP contribution in [0.25, 0.3) is 0 Å². The first kappa shape index (κ1) is 15.4. The standard InChI is InChI=1S/C13H27N3/c1-8-12(4,5)16(7)10-13(6,9-14)15-11(2)3/h11,15H,8,10H2,1-7H3. The minimum absolute atomic E-state index is 0.136. The molecule has 0 heterocycles. The number of rotatable bonds is 6. The highest BCUT2D eigenvalue weighted by Crippen LogP contribution is 2.19. The lowest BCUT2D eigenvalue weighted by molar-refractivity contribution is 0.121. The van der Waals surface area contributed by atoms with E-state index in [2.05, 4.69) is 58.0 Å². The molecule has 3 nitrogen and oxygen atoms in total. The molecule has 0 aliphatic heterocycles. The molecule has 0 aromatic heterocycles. The zero-order valence-corrected chi connectivity index (χ0v) is 11.9. The molecule has 0 aromatic carbocycles. The van der Waals surface area contributed by atoms with E-state index in [0.29, 0.717) is 6.04 Å². The van der Waals surface area contributed by atoms with E-state index in [-0.39, 0.29) is 5.54 Å². The Bertz CT molecular complexity index is 252. The van der Waals surface area contributed by atoms with Crippen LogP contribution in [0, 0.1) is 11.3 Å². The van der Waals surface area contributed by atoms with Crippen LogP contribution in [0.4, 0.5) is 0 Å². The summed E-state index contributed by atoms with van der Waals surface area (Å²) in [5.74, 6) is 0. The first-order valence-electron chi connectivity index (χ1n) is 6.07. The maximum atomic E-state index is 9.28. The summed E-state index contributed by atoms with van der Waals surface area (Å²) in [5, 5.41) is 12.6. The summed E-state index contributed by atoms with van der Waals surface area (Å²) >= 11 is 0. The molecule has 0 radical (unpaired) electrons. The molecule has 1 N–H and O–H groups in total. The largest absolute Gasteiger partial charge is 0.298 e. The van der Waals surface area contributed by atoms with E-state index < -0.39 is 5.54 Å². The zero-order valence-electron chi connectivity index (χ0n) is 11.9. The predicted octanol–water partition coefficient (Wildman–Crippen LogP) is 2.39. The average Bonchev–Trinajstić information content (AvgIpc) is 2.16. The van der Waals surface area contributed by atoms with E-state index >= 15 is 0 Å². The van der Waals surface area contributed by atoms with Crippen LogP contribution in [0.2, 0.25) is 0 Å². The van der Waals surface area contributed by atoms with Crippen LogP contribution in [-0.4, -0.2) is 35.6 Å². The fraction of sp³-hybridized carbons (Fsp3) is 0.923. The van der Waals surface area contributed by atoms with Crippen LogP contribution < -0.4 is 5.32 Å². The molecule has 0 spiro atoms. The van der Waals surface area contributed by atoms with Gasteiger partial charge in [0, 0.05) is 18.1 Å². The van der Waals surface area contributed by atoms with Gasteiger partial charge in [0.1, 0.15) is 5.54 Å². The number of nitriles is 1. The fourth-order valence-corrected chi connectivity index (χ4v) is 1.71. The van der Waals surface area contributed by atoms with Gasteiger partial charge in [0.25, 0.3) is 0 Å². The number of nitrogens with zero attached hydrogens (tertiary/aromatic N) is 2. The smallest absolute Gasteiger partial charge is 0.116 e. The van der Waals surface area contributed by atoms with E-state index in [1.54, 1.807) is 0 Å². The Balaban J connectivity index is 4.61. The van der Waals surface area contributed by atoms with Gasteiger partial charge in [0.15, 0.2) is 0 Å². The van der Waals surface area contributed by atoms with E-state index in [9.17, 15) is 5.26 Å². The SMILES string of the molecule is CCC(C)(C)N(C)CC(C)(C#N)NC(C)C. The normalized spacial score (nSPS) is 16.2. The van der Waals surface area contributed by atoms with Crippen LogP contribution in [0.5, 0.6) is 0 Å². The second-order valence-corrected chi connectivity index (χ2v) is 5.76. The van der Waals surface area contributed by atoms with Crippen LogP contribution in [0.15, 0.2) is 0 Å². The molecule has 0 bridgehead atoms. The van der Waals surface area contributed by atoms with Gasteiger partial charge >= 0.3 is 0 Å². The van der Waals surface area contributed by atoms with Crippen LogP contribution in [0.3, 0.4) is 0 Å². The highest BCUT2D eigenvalue weighted by molar-refractivity contribution is 5.07. The molecule has 1 atom stereocenters. The Kier molecular flexibility index (Phi) is 5.44. The summed E-state index contributed by atoms with van der Waals surface area (Å²) in [6, 6.07) is 2.71. The molecule has 0 aliphatic rings. The average molecular weight is 225 g/mol. The van der Waals surface area contributed by atoms with Gasteiger partial charge in [0.2, 0.25) is 0 Å². The molecule has 0 fully saturated rings. The Hall–Kier alpha value is -0.590. The van der Waals surface area contributed by atoms with Crippen LogP contribution in [0.1, 0.15) is 48.0 Å². The van der Waals surface area contributed by atoms with Gasteiger partial charge in [-0.05, 0) is 48.1 Å². The van der Waals surface area contributed by atoms with Crippen molar-refractivity contribution in [1.29, 1.82) is 5.26 Å². The van der Waals surface area contributed by atoms with Gasteiger partial charge in [-0.25, -0.2) is 0 Å². The van der Waals surface area contributed by atoms with Crippen molar-refractivity contribution in [2.45, 2.75) is 65.1 Å². The maximum Gasteiger partial charge on any atom is 0.116 e. The highest BCUT2D eigenvalue weighted by atomic mass is 15.2. The Morgan fingerprint density at radius 1 is 1.31 bits per heavy atom. The van der Waals surface area contributed by atoms with Gasteiger partial charge < -0.3 is 0 Å². The molecule has 1 unspecified atom stereocenters. The van der Waals surface area contributed by atoms with Gasteiger partial charge in [-0.15, -0.1) is 0 Å². The first-order chi connectivity index (χ1) is 7.17. The third-order valence-corrected chi connectivity index (χ3v) is 3.31. The summed E-state index contributed by atoms with van der Waals surface area (Å²) in [7, 11) is 2.08. The monoisotopic (exact) mass is 225 g/mol. The van der Waals surface area contributed by atoms with Gasteiger partial charge in [0.05, 0.1) is 6.07 Å². The molecule has 0 saturated heterocycles. The third-order valence-electron chi connectivity index (χ3n) is 3.31. The lowest BCUT2D eigenvalue weighted by Crippen LogP contribution is -2.56. The Morgan fingerprint density at radius 2 is 1.81 bits per heavy atom. The number of hydrogen-bond donors (Lipinski definition) is 1. The zero-order chi connectivity index (χ0) is 13.0.